The van der Waals surface area contributed by atoms with Crippen molar-refractivity contribution >= 4 is 11.0 Å². The molecule has 0 aliphatic heterocycles. The van der Waals surface area contributed by atoms with Gasteiger partial charge in [0, 0.05) is 30.4 Å². The predicted octanol–water partition coefficient (Wildman–Crippen LogP) is 4.05. The molecule has 0 amide bonds. The number of hydrogen-bond donors (Lipinski definition) is 0. The molecule has 0 fully saturated rings. The Bertz CT molecular complexity index is 1110. The first-order chi connectivity index (χ1) is 12.5. The summed E-state index contributed by atoms with van der Waals surface area (Å²) >= 11 is 0. The van der Waals surface area contributed by atoms with Crippen molar-refractivity contribution in [2.75, 3.05) is 7.11 Å². The highest BCUT2D eigenvalue weighted by Gasteiger charge is 2.19. The summed E-state index contributed by atoms with van der Waals surface area (Å²) in [6.45, 7) is 3.56. The summed E-state index contributed by atoms with van der Waals surface area (Å²) in [5.74, 6) is 1.55. The summed E-state index contributed by atoms with van der Waals surface area (Å²) in [5, 5.41) is 3.91. The summed E-state index contributed by atoms with van der Waals surface area (Å²) in [5.41, 5.74) is 3.91. The van der Waals surface area contributed by atoms with Gasteiger partial charge in [-0.3, -0.25) is 4.98 Å². The van der Waals surface area contributed by atoms with Crippen molar-refractivity contribution in [1.29, 1.82) is 0 Å². The Labute approximate surface area is 149 Å². The van der Waals surface area contributed by atoms with Gasteiger partial charge in [-0.25, -0.2) is 9.37 Å². The lowest BCUT2D eigenvalue weighted by molar-refractivity contribution is 0.393. The molecule has 26 heavy (non-hydrogen) atoms. The number of rotatable bonds is 3. The lowest BCUT2D eigenvalue weighted by Gasteiger charge is -2.05. The first-order valence-electron chi connectivity index (χ1n) is 8.08. The Morgan fingerprint density at radius 1 is 1.15 bits per heavy atom. The summed E-state index contributed by atoms with van der Waals surface area (Å²) in [6.07, 6.45) is 3.33. The van der Waals surface area contributed by atoms with Gasteiger partial charge in [0.05, 0.1) is 35.6 Å². The Kier molecular flexibility index (Phi) is 3.72. The van der Waals surface area contributed by atoms with Crippen molar-refractivity contribution in [2.24, 2.45) is 7.05 Å². The summed E-state index contributed by atoms with van der Waals surface area (Å²) < 4.78 is 27.1. The number of imidazole rings is 1. The van der Waals surface area contributed by atoms with E-state index in [2.05, 4.69) is 15.1 Å². The Morgan fingerprint density at radius 2 is 1.96 bits per heavy atom. The maximum atomic E-state index is 14.8. The van der Waals surface area contributed by atoms with E-state index in [4.69, 9.17) is 9.26 Å². The van der Waals surface area contributed by atoms with Crippen LogP contribution in [0.15, 0.2) is 35.1 Å². The molecule has 1 aromatic carbocycles. The van der Waals surface area contributed by atoms with E-state index in [1.54, 1.807) is 39.4 Å². The minimum absolute atomic E-state index is 0.342. The van der Waals surface area contributed by atoms with Crippen LogP contribution >= 0.6 is 0 Å². The van der Waals surface area contributed by atoms with Crippen LogP contribution < -0.4 is 4.74 Å². The van der Waals surface area contributed by atoms with Crippen molar-refractivity contribution in [1.82, 2.24) is 19.7 Å². The monoisotopic (exact) mass is 352 g/mol. The van der Waals surface area contributed by atoms with E-state index in [1.807, 2.05) is 17.7 Å². The van der Waals surface area contributed by atoms with E-state index < -0.39 is 0 Å². The molecule has 6 nitrogen and oxygen atoms in total. The van der Waals surface area contributed by atoms with Gasteiger partial charge in [0.25, 0.3) is 0 Å². The third-order valence-electron chi connectivity index (χ3n) is 4.48. The summed E-state index contributed by atoms with van der Waals surface area (Å²) in [6, 6.07) is 5.06. The molecule has 4 aromatic rings. The average molecular weight is 352 g/mol. The van der Waals surface area contributed by atoms with Crippen LogP contribution in [-0.4, -0.2) is 26.8 Å². The molecular weight excluding hydrogens is 335 g/mol. The van der Waals surface area contributed by atoms with Gasteiger partial charge >= 0.3 is 0 Å². The topological polar surface area (TPSA) is 66.0 Å². The molecule has 0 bridgehead atoms. The van der Waals surface area contributed by atoms with Crippen molar-refractivity contribution in [3.63, 3.8) is 0 Å². The molecule has 0 saturated heterocycles. The Morgan fingerprint density at radius 3 is 2.65 bits per heavy atom. The highest BCUT2D eigenvalue weighted by molar-refractivity contribution is 5.86. The molecule has 0 unspecified atom stereocenters. The molecule has 0 N–H and O–H groups in total. The third kappa shape index (κ3) is 2.44. The van der Waals surface area contributed by atoms with Crippen LogP contribution in [0.4, 0.5) is 4.39 Å². The Hall–Kier alpha value is -3.22. The minimum atomic E-state index is -0.342. The van der Waals surface area contributed by atoms with Gasteiger partial charge in [0.15, 0.2) is 0 Å². The molecule has 0 atom stereocenters. The van der Waals surface area contributed by atoms with Gasteiger partial charge in [0.1, 0.15) is 23.2 Å². The lowest BCUT2D eigenvalue weighted by Crippen LogP contribution is -1.94. The van der Waals surface area contributed by atoms with Gasteiger partial charge in [-0.2, -0.15) is 0 Å². The number of aryl methyl sites for hydroxylation is 3. The van der Waals surface area contributed by atoms with Crippen LogP contribution in [-0.2, 0) is 7.05 Å². The van der Waals surface area contributed by atoms with Crippen molar-refractivity contribution < 1.29 is 13.7 Å². The van der Waals surface area contributed by atoms with Gasteiger partial charge in [0.2, 0.25) is 0 Å². The number of nitrogens with zero attached hydrogens (tertiary/aromatic N) is 4. The highest BCUT2D eigenvalue weighted by Crippen LogP contribution is 2.33. The zero-order chi connectivity index (χ0) is 18.4. The highest BCUT2D eigenvalue weighted by atomic mass is 19.1. The zero-order valence-corrected chi connectivity index (χ0v) is 14.9. The molecule has 0 aliphatic carbocycles. The normalized spacial score (nSPS) is 11.3. The van der Waals surface area contributed by atoms with E-state index in [1.165, 1.54) is 6.07 Å². The molecule has 0 aliphatic rings. The van der Waals surface area contributed by atoms with Gasteiger partial charge in [-0.15, -0.1) is 0 Å². The average Bonchev–Trinajstić information content (AvgIpc) is 3.14. The van der Waals surface area contributed by atoms with Gasteiger partial charge in [-0.05, 0) is 26.0 Å². The molecular formula is C19H17FN4O2. The number of halogens is 1. The molecule has 0 spiro atoms. The smallest absolute Gasteiger partial charge is 0.142 e. The van der Waals surface area contributed by atoms with Crippen LogP contribution in [0.3, 0.4) is 0 Å². The number of fused-ring (bicyclic) bond motifs is 1. The van der Waals surface area contributed by atoms with Gasteiger partial charge in [-0.1, -0.05) is 5.16 Å². The SMILES string of the molecule is COc1cncc(-c2nc3cc(-c4c(C)noc4C)c(F)cc3n2C)c1. The molecule has 3 heterocycles. The van der Waals surface area contributed by atoms with E-state index in [0.29, 0.717) is 45.2 Å². The maximum Gasteiger partial charge on any atom is 0.142 e. The number of methoxy groups -OCH3 is 1. The predicted molar refractivity (Wildman–Crippen MR) is 95.4 cm³/mol. The minimum Gasteiger partial charge on any atom is -0.495 e. The number of aromatic nitrogens is 4. The fourth-order valence-electron chi connectivity index (χ4n) is 3.18. The van der Waals surface area contributed by atoms with Gasteiger partial charge < -0.3 is 13.8 Å². The third-order valence-corrected chi connectivity index (χ3v) is 4.48. The van der Waals surface area contributed by atoms with Crippen LogP contribution in [0.5, 0.6) is 5.75 Å². The second-order valence-electron chi connectivity index (χ2n) is 6.13. The first kappa shape index (κ1) is 16.3. The van der Waals surface area contributed by atoms with E-state index in [-0.39, 0.29) is 5.82 Å². The molecule has 0 radical (unpaired) electrons. The number of ether oxygens (including phenoxy) is 1. The van der Waals surface area contributed by atoms with Crippen LogP contribution in [0, 0.1) is 19.7 Å². The second kappa shape index (κ2) is 5.94. The summed E-state index contributed by atoms with van der Waals surface area (Å²) in [7, 11) is 3.43. The summed E-state index contributed by atoms with van der Waals surface area (Å²) in [4.78, 5) is 8.85. The molecule has 0 saturated carbocycles. The lowest BCUT2D eigenvalue weighted by atomic mass is 10.0. The first-order valence-corrected chi connectivity index (χ1v) is 8.08. The van der Waals surface area contributed by atoms with Crippen molar-refractivity contribution in [2.45, 2.75) is 13.8 Å². The second-order valence-corrected chi connectivity index (χ2v) is 6.13. The quantitative estimate of drug-likeness (QED) is 0.556. The molecule has 4 rings (SSSR count). The Balaban J connectivity index is 1.93. The van der Waals surface area contributed by atoms with Crippen LogP contribution in [0.25, 0.3) is 33.5 Å². The number of pyridine rings is 1. The van der Waals surface area contributed by atoms with Crippen LogP contribution in [0.2, 0.25) is 0 Å². The fraction of sp³-hybridized carbons (Fsp3) is 0.211. The number of benzene rings is 1. The molecule has 132 valence electrons. The maximum absolute atomic E-state index is 14.8. The largest absolute Gasteiger partial charge is 0.495 e. The van der Waals surface area contributed by atoms with Crippen molar-refractivity contribution in [3.8, 4) is 28.3 Å². The van der Waals surface area contributed by atoms with Crippen molar-refractivity contribution in [3.05, 3.63) is 47.9 Å². The van der Waals surface area contributed by atoms with Crippen LogP contribution in [0.1, 0.15) is 11.5 Å². The fourth-order valence-corrected chi connectivity index (χ4v) is 3.18. The molecule has 3 aromatic heterocycles. The van der Waals surface area contributed by atoms with E-state index in [9.17, 15) is 4.39 Å². The zero-order valence-electron chi connectivity index (χ0n) is 14.9. The van der Waals surface area contributed by atoms with E-state index >= 15 is 0 Å². The number of hydrogen-bond acceptors (Lipinski definition) is 5. The molecule has 7 heteroatoms. The standard InChI is InChI=1S/C19H17FN4O2/c1-10-18(11(2)26-23-10)14-6-16-17(7-15(14)20)24(3)19(22-16)12-5-13(25-4)9-21-8-12/h5-9H,1-4H3. The van der Waals surface area contributed by atoms with E-state index in [0.717, 1.165) is 5.56 Å².